The Hall–Kier alpha value is -2.58. The van der Waals surface area contributed by atoms with Gasteiger partial charge in [0.1, 0.15) is 23.8 Å². The van der Waals surface area contributed by atoms with Gasteiger partial charge >= 0.3 is 0 Å². The van der Waals surface area contributed by atoms with Crippen LogP contribution in [0.25, 0.3) is 0 Å². The second kappa shape index (κ2) is 6.55. The van der Waals surface area contributed by atoms with Gasteiger partial charge in [0.2, 0.25) is 0 Å². The Balaban J connectivity index is 2.09. The molecule has 5 nitrogen and oxygen atoms in total. The minimum absolute atomic E-state index is 0.233. The number of aliphatic hydroxyl groups is 1. The van der Waals surface area contributed by atoms with E-state index in [0.29, 0.717) is 11.3 Å². The molecule has 0 radical (unpaired) electrons. The van der Waals surface area contributed by atoms with E-state index >= 15 is 0 Å². The number of carbonyl (C=O) groups excluding carboxylic acids is 1. The van der Waals surface area contributed by atoms with Crippen molar-refractivity contribution >= 4 is 5.91 Å². The van der Waals surface area contributed by atoms with Gasteiger partial charge in [-0.2, -0.15) is 0 Å². The van der Waals surface area contributed by atoms with Crippen molar-refractivity contribution in [3.63, 3.8) is 0 Å². The molecule has 2 N–H and O–H groups in total. The van der Waals surface area contributed by atoms with Crippen LogP contribution in [0.2, 0.25) is 0 Å². The van der Waals surface area contributed by atoms with E-state index < -0.39 is 0 Å². The molecule has 2 aromatic rings. The molecule has 0 aliphatic rings. The number of furan rings is 1. The lowest BCUT2D eigenvalue weighted by Gasteiger charge is -2.04. The first-order valence-electron chi connectivity index (χ1n) is 6.09. The van der Waals surface area contributed by atoms with E-state index in [1.165, 1.54) is 6.20 Å². The molecule has 0 aromatic carbocycles. The second-order valence-electron chi connectivity index (χ2n) is 4.05. The fraction of sp³-hybridized carbons (Fsp3) is 0.200. The minimum Gasteiger partial charge on any atom is -0.465 e. The fourth-order valence-electron chi connectivity index (χ4n) is 1.65. The van der Waals surface area contributed by atoms with Crippen molar-refractivity contribution in [1.82, 2.24) is 10.3 Å². The molecule has 2 heterocycles. The Morgan fingerprint density at radius 3 is 3.00 bits per heavy atom. The normalized spacial score (nSPS) is 9.70. The summed E-state index contributed by atoms with van der Waals surface area (Å²) >= 11 is 0. The Morgan fingerprint density at radius 1 is 1.45 bits per heavy atom. The van der Waals surface area contributed by atoms with E-state index in [-0.39, 0.29) is 24.8 Å². The summed E-state index contributed by atoms with van der Waals surface area (Å²) < 4.78 is 5.37. The highest BCUT2D eigenvalue weighted by Gasteiger charge is 2.11. The van der Waals surface area contributed by atoms with Gasteiger partial charge in [0.05, 0.1) is 12.1 Å². The van der Waals surface area contributed by atoms with Crippen LogP contribution in [-0.4, -0.2) is 22.6 Å². The predicted molar refractivity (Wildman–Crippen MR) is 72.8 cm³/mol. The molecule has 0 unspecified atom stereocenters. The van der Waals surface area contributed by atoms with Gasteiger partial charge in [0, 0.05) is 6.20 Å². The highest BCUT2D eigenvalue weighted by Crippen LogP contribution is 2.07. The van der Waals surface area contributed by atoms with E-state index in [4.69, 9.17) is 9.52 Å². The summed E-state index contributed by atoms with van der Waals surface area (Å²) in [6, 6.07) is 7.01. The number of amides is 1. The van der Waals surface area contributed by atoms with Gasteiger partial charge in [0.25, 0.3) is 5.91 Å². The van der Waals surface area contributed by atoms with E-state index in [9.17, 15) is 4.79 Å². The van der Waals surface area contributed by atoms with Gasteiger partial charge in [-0.05, 0) is 31.2 Å². The highest BCUT2D eigenvalue weighted by atomic mass is 16.3. The Kier molecular flexibility index (Phi) is 4.53. The number of pyridine rings is 1. The van der Waals surface area contributed by atoms with Gasteiger partial charge in [-0.1, -0.05) is 11.8 Å². The zero-order chi connectivity index (χ0) is 14.4. The molecule has 2 rings (SSSR count). The first-order chi connectivity index (χ1) is 9.70. The number of rotatable bonds is 3. The van der Waals surface area contributed by atoms with Gasteiger partial charge in [-0.25, -0.2) is 4.98 Å². The summed E-state index contributed by atoms with van der Waals surface area (Å²) in [5.74, 6) is 6.34. The Labute approximate surface area is 116 Å². The molecule has 1 amide bonds. The van der Waals surface area contributed by atoms with Crippen LogP contribution in [0.15, 0.2) is 34.9 Å². The molecule has 5 heteroatoms. The third kappa shape index (κ3) is 3.46. The summed E-state index contributed by atoms with van der Waals surface area (Å²) in [5, 5.41) is 11.4. The quantitative estimate of drug-likeness (QED) is 0.823. The molecule has 0 atom stereocenters. The van der Waals surface area contributed by atoms with Gasteiger partial charge in [-0.15, -0.1) is 0 Å². The van der Waals surface area contributed by atoms with E-state index in [1.54, 1.807) is 18.2 Å². The van der Waals surface area contributed by atoms with Crippen LogP contribution in [0, 0.1) is 18.8 Å². The zero-order valence-corrected chi connectivity index (χ0v) is 11.0. The largest absolute Gasteiger partial charge is 0.465 e. The smallest absolute Gasteiger partial charge is 0.271 e. The topological polar surface area (TPSA) is 75.4 Å². The Morgan fingerprint density at radius 2 is 2.30 bits per heavy atom. The first kappa shape index (κ1) is 13.8. The third-order valence-corrected chi connectivity index (χ3v) is 2.54. The molecule has 0 aliphatic heterocycles. The van der Waals surface area contributed by atoms with Crippen LogP contribution >= 0.6 is 0 Å². The van der Waals surface area contributed by atoms with Crippen LogP contribution in [-0.2, 0) is 6.54 Å². The molecule has 0 aliphatic carbocycles. The number of aromatic nitrogens is 1. The third-order valence-electron chi connectivity index (χ3n) is 2.54. The van der Waals surface area contributed by atoms with Crippen molar-refractivity contribution in [3.05, 3.63) is 53.2 Å². The van der Waals surface area contributed by atoms with Crippen molar-refractivity contribution in [2.75, 3.05) is 6.61 Å². The zero-order valence-electron chi connectivity index (χ0n) is 11.0. The molecule has 0 saturated carbocycles. The summed E-state index contributed by atoms with van der Waals surface area (Å²) in [6.07, 6.45) is 1.52. The molecule has 0 spiro atoms. The molecular formula is C15H14N2O3. The Bertz CT molecular complexity index is 665. The monoisotopic (exact) mass is 270 g/mol. The molecule has 102 valence electrons. The van der Waals surface area contributed by atoms with E-state index in [1.807, 2.05) is 13.0 Å². The van der Waals surface area contributed by atoms with Gasteiger partial charge < -0.3 is 14.8 Å². The van der Waals surface area contributed by atoms with Crippen LogP contribution in [0.4, 0.5) is 0 Å². The number of nitrogens with zero attached hydrogens (tertiary/aromatic N) is 1. The average Bonchev–Trinajstić information content (AvgIpc) is 2.88. The molecule has 20 heavy (non-hydrogen) atoms. The predicted octanol–water partition coefficient (Wildman–Crippen LogP) is 1.26. The minimum atomic E-state index is -0.332. The number of aliphatic hydroxyl groups excluding tert-OH is 1. The molecule has 0 bridgehead atoms. The van der Waals surface area contributed by atoms with E-state index in [0.717, 1.165) is 5.76 Å². The van der Waals surface area contributed by atoms with Crippen molar-refractivity contribution in [1.29, 1.82) is 0 Å². The van der Waals surface area contributed by atoms with Crippen LogP contribution in [0.5, 0.6) is 0 Å². The van der Waals surface area contributed by atoms with Crippen molar-refractivity contribution < 1.29 is 14.3 Å². The lowest BCUT2D eigenvalue weighted by atomic mass is 10.2. The molecule has 0 saturated heterocycles. The van der Waals surface area contributed by atoms with Crippen molar-refractivity contribution in [3.8, 4) is 11.8 Å². The summed E-state index contributed by atoms with van der Waals surface area (Å²) in [7, 11) is 0. The maximum atomic E-state index is 12.1. The molecular weight excluding hydrogens is 256 g/mol. The maximum Gasteiger partial charge on any atom is 0.271 e. The number of aryl methyl sites for hydroxylation is 1. The van der Waals surface area contributed by atoms with Gasteiger partial charge in [-0.3, -0.25) is 4.79 Å². The SMILES string of the molecule is Cc1ccc(CNC(=O)c2ncccc2C#CCO)o1. The molecule has 2 aromatic heterocycles. The van der Waals surface area contributed by atoms with Crippen LogP contribution < -0.4 is 5.32 Å². The van der Waals surface area contributed by atoms with Crippen LogP contribution in [0.3, 0.4) is 0 Å². The standard InChI is InChI=1S/C15H14N2O3/c1-11-6-7-13(20-11)10-17-15(19)14-12(5-3-9-18)4-2-8-16-14/h2,4,6-8,18H,9-10H2,1H3,(H,17,19). The second-order valence-corrected chi connectivity index (χ2v) is 4.05. The summed E-state index contributed by atoms with van der Waals surface area (Å²) in [6.45, 7) is 1.87. The van der Waals surface area contributed by atoms with Gasteiger partial charge in [0.15, 0.2) is 0 Å². The summed E-state index contributed by atoms with van der Waals surface area (Å²) in [5.41, 5.74) is 0.714. The highest BCUT2D eigenvalue weighted by molar-refractivity contribution is 5.94. The fourth-order valence-corrected chi connectivity index (χ4v) is 1.65. The average molecular weight is 270 g/mol. The number of hydrogen-bond acceptors (Lipinski definition) is 4. The van der Waals surface area contributed by atoms with E-state index in [2.05, 4.69) is 22.1 Å². The van der Waals surface area contributed by atoms with Crippen LogP contribution in [0.1, 0.15) is 27.6 Å². The van der Waals surface area contributed by atoms with Crippen molar-refractivity contribution in [2.45, 2.75) is 13.5 Å². The lowest BCUT2D eigenvalue weighted by Crippen LogP contribution is -2.24. The maximum absolute atomic E-state index is 12.1. The number of nitrogens with one attached hydrogen (secondary N) is 1. The first-order valence-corrected chi connectivity index (χ1v) is 6.09. The number of carbonyl (C=O) groups is 1. The van der Waals surface area contributed by atoms with Crippen molar-refractivity contribution in [2.24, 2.45) is 0 Å². The number of hydrogen-bond donors (Lipinski definition) is 2. The summed E-state index contributed by atoms with van der Waals surface area (Å²) in [4.78, 5) is 16.1. The lowest BCUT2D eigenvalue weighted by molar-refractivity contribution is 0.0942. The molecule has 0 fully saturated rings.